The van der Waals surface area contributed by atoms with Gasteiger partial charge in [-0.3, -0.25) is 9.59 Å². The lowest BCUT2D eigenvalue weighted by Crippen LogP contribution is -2.47. The largest absolute Gasteiger partial charge is 0.491 e. The van der Waals surface area contributed by atoms with Crippen molar-refractivity contribution in [3.63, 3.8) is 0 Å². The van der Waals surface area contributed by atoms with Crippen LogP contribution in [0.25, 0.3) is 0 Å². The number of amides is 2. The summed E-state index contributed by atoms with van der Waals surface area (Å²) < 4.78 is 32.6. The van der Waals surface area contributed by atoms with Gasteiger partial charge in [0.25, 0.3) is 5.91 Å². The van der Waals surface area contributed by atoms with Gasteiger partial charge < -0.3 is 14.5 Å². The number of carbonyl (C=O) groups excluding carboxylic acids is 2. The molecule has 0 N–H and O–H groups in total. The number of thiophene rings is 1. The van der Waals surface area contributed by atoms with E-state index < -0.39 is 11.6 Å². The SMILES string of the molecule is CCN(CC(=O)N1CCc2sccc2[C@H]1COc1cccc(F)c1)C(=O)c1ccc(F)cc1. The maximum atomic E-state index is 13.5. The average molecular weight is 471 g/mol. The van der Waals surface area contributed by atoms with E-state index in [0.29, 0.717) is 24.4 Å². The monoisotopic (exact) mass is 470 g/mol. The van der Waals surface area contributed by atoms with E-state index in [9.17, 15) is 18.4 Å². The van der Waals surface area contributed by atoms with Gasteiger partial charge in [-0.15, -0.1) is 11.3 Å². The summed E-state index contributed by atoms with van der Waals surface area (Å²) in [4.78, 5) is 30.6. The first kappa shape index (κ1) is 22.9. The van der Waals surface area contributed by atoms with E-state index in [1.54, 1.807) is 35.3 Å². The zero-order valence-corrected chi connectivity index (χ0v) is 19.0. The van der Waals surface area contributed by atoms with Crippen molar-refractivity contribution < 1.29 is 23.1 Å². The number of benzene rings is 2. The van der Waals surface area contributed by atoms with Gasteiger partial charge in [-0.25, -0.2) is 8.78 Å². The summed E-state index contributed by atoms with van der Waals surface area (Å²) in [5, 5.41) is 1.99. The van der Waals surface area contributed by atoms with Crippen LogP contribution in [0, 0.1) is 11.6 Å². The summed E-state index contributed by atoms with van der Waals surface area (Å²) in [6.45, 7) is 2.72. The highest BCUT2D eigenvalue weighted by atomic mass is 32.1. The number of hydrogen-bond acceptors (Lipinski definition) is 4. The second-order valence-electron chi connectivity index (χ2n) is 7.75. The summed E-state index contributed by atoms with van der Waals surface area (Å²) in [6, 6.07) is 12.8. The Hall–Kier alpha value is -3.26. The van der Waals surface area contributed by atoms with Gasteiger partial charge in [0, 0.05) is 29.6 Å². The first-order valence-corrected chi connectivity index (χ1v) is 11.6. The van der Waals surface area contributed by atoms with Gasteiger partial charge in [0.05, 0.1) is 6.04 Å². The molecule has 0 saturated heterocycles. The molecule has 1 atom stereocenters. The molecule has 1 aliphatic rings. The lowest BCUT2D eigenvalue weighted by atomic mass is 10.0. The molecule has 5 nitrogen and oxygen atoms in total. The highest BCUT2D eigenvalue weighted by Gasteiger charge is 2.33. The molecule has 0 aliphatic carbocycles. The highest BCUT2D eigenvalue weighted by Crippen LogP contribution is 2.34. The van der Waals surface area contributed by atoms with Crippen LogP contribution in [0.2, 0.25) is 0 Å². The fraction of sp³-hybridized carbons (Fsp3) is 0.280. The van der Waals surface area contributed by atoms with Crippen molar-refractivity contribution in [1.29, 1.82) is 0 Å². The van der Waals surface area contributed by atoms with Gasteiger partial charge in [-0.05, 0) is 66.8 Å². The molecule has 2 heterocycles. The smallest absolute Gasteiger partial charge is 0.254 e. The van der Waals surface area contributed by atoms with E-state index in [1.165, 1.54) is 46.2 Å². The third kappa shape index (κ3) is 5.22. The lowest BCUT2D eigenvalue weighted by molar-refractivity contribution is -0.135. The van der Waals surface area contributed by atoms with E-state index in [0.717, 1.165) is 12.0 Å². The number of ether oxygens (including phenoxy) is 1. The van der Waals surface area contributed by atoms with Crippen molar-refractivity contribution in [1.82, 2.24) is 9.80 Å². The van der Waals surface area contributed by atoms with Gasteiger partial charge >= 0.3 is 0 Å². The van der Waals surface area contributed by atoms with Gasteiger partial charge in [0.15, 0.2) is 0 Å². The second-order valence-corrected chi connectivity index (χ2v) is 8.75. The Morgan fingerprint density at radius 2 is 1.91 bits per heavy atom. The summed E-state index contributed by atoms with van der Waals surface area (Å²) in [6.07, 6.45) is 0.729. The summed E-state index contributed by atoms with van der Waals surface area (Å²) >= 11 is 1.64. The molecule has 0 spiro atoms. The standard InChI is InChI=1S/C25H24F2N2O3S/c1-2-28(25(31)17-6-8-18(26)9-7-17)15-24(30)29-12-10-23-21(11-13-33-23)22(29)16-32-20-5-3-4-19(27)14-20/h3-9,11,13-14,22H,2,10,12,15-16H2,1H3/t22-/m1/s1. The van der Waals surface area contributed by atoms with Crippen LogP contribution in [0.4, 0.5) is 8.78 Å². The summed E-state index contributed by atoms with van der Waals surface area (Å²) in [5.74, 6) is -0.944. The van der Waals surface area contributed by atoms with Crippen LogP contribution >= 0.6 is 11.3 Å². The predicted molar refractivity (Wildman–Crippen MR) is 122 cm³/mol. The zero-order chi connectivity index (χ0) is 23.4. The summed E-state index contributed by atoms with van der Waals surface area (Å²) in [5.41, 5.74) is 1.35. The zero-order valence-electron chi connectivity index (χ0n) is 18.2. The van der Waals surface area contributed by atoms with Crippen molar-refractivity contribution in [3.8, 4) is 5.75 Å². The van der Waals surface area contributed by atoms with Gasteiger partial charge in [-0.2, -0.15) is 0 Å². The Labute approximate surface area is 195 Å². The third-order valence-corrected chi connectivity index (χ3v) is 6.70. The minimum Gasteiger partial charge on any atom is -0.491 e. The highest BCUT2D eigenvalue weighted by molar-refractivity contribution is 7.10. The molecule has 33 heavy (non-hydrogen) atoms. The number of hydrogen-bond donors (Lipinski definition) is 0. The molecule has 0 saturated carbocycles. The van der Waals surface area contributed by atoms with E-state index in [2.05, 4.69) is 0 Å². The first-order valence-electron chi connectivity index (χ1n) is 10.7. The van der Waals surface area contributed by atoms with Gasteiger partial charge in [0.2, 0.25) is 5.91 Å². The van der Waals surface area contributed by atoms with Crippen molar-refractivity contribution >= 4 is 23.2 Å². The van der Waals surface area contributed by atoms with Crippen LogP contribution in [0.1, 0.15) is 33.8 Å². The third-order valence-electron chi connectivity index (χ3n) is 5.71. The minimum absolute atomic E-state index is 0.0946. The van der Waals surface area contributed by atoms with Gasteiger partial charge in [0.1, 0.15) is 30.5 Å². The quantitative estimate of drug-likeness (QED) is 0.503. The van der Waals surface area contributed by atoms with Crippen molar-refractivity contribution in [2.24, 2.45) is 0 Å². The Kier molecular flexibility index (Phi) is 7.03. The van der Waals surface area contributed by atoms with Crippen LogP contribution in [-0.2, 0) is 11.2 Å². The minimum atomic E-state index is -0.424. The Morgan fingerprint density at radius 3 is 2.64 bits per heavy atom. The van der Waals surface area contributed by atoms with E-state index in [1.807, 2.05) is 11.4 Å². The molecule has 0 fully saturated rings. The van der Waals surface area contributed by atoms with Crippen molar-refractivity contribution in [2.75, 3.05) is 26.2 Å². The number of likely N-dealkylation sites (N-methyl/N-ethyl adjacent to an activating group) is 1. The van der Waals surface area contributed by atoms with Crippen LogP contribution in [0.5, 0.6) is 5.75 Å². The Bertz CT molecular complexity index is 1130. The fourth-order valence-electron chi connectivity index (χ4n) is 3.96. The van der Waals surface area contributed by atoms with Gasteiger partial charge in [-0.1, -0.05) is 6.07 Å². The molecule has 2 amide bonds. The Balaban J connectivity index is 1.50. The molecule has 1 aliphatic heterocycles. The predicted octanol–water partition coefficient (Wildman–Crippen LogP) is 4.69. The fourth-order valence-corrected chi connectivity index (χ4v) is 4.89. The molecule has 0 unspecified atom stereocenters. The average Bonchev–Trinajstić information content (AvgIpc) is 3.30. The van der Waals surface area contributed by atoms with Crippen LogP contribution in [-0.4, -0.2) is 47.9 Å². The number of halogens is 2. The number of fused-ring (bicyclic) bond motifs is 1. The van der Waals surface area contributed by atoms with E-state index in [4.69, 9.17) is 4.74 Å². The molecule has 4 rings (SSSR count). The number of nitrogens with zero attached hydrogens (tertiary/aromatic N) is 2. The van der Waals surface area contributed by atoms with E-state index in [-0.39, 0.29) is 31.0 Å². The van der Waals surface area contributed by atoms with Crippen LogP contribution in [0.3, 0.4) is 0 Å². The molecule has 0 bridgehead atoms. The van der Waals surface area contributed by atoms with Crippen LogP contribution in [0.15, 0.2) is 60.0 Å². The number of rotatable bonds is 7. The molecule has 0 radical (unpaired) electrons. The van der Waals surface area contributed by atoms with Crippen molar-refractivity contribution in [2.45, 2.75) is 19.4 Å². The molecule has 8 heteroatoms. The molecular weight excluding hydrogens is 446 g/mol. The topological polar surface area (TPSA) is 49.9 Å². The first-order chi connectivity index (χ1) is 16.0. The second kappa shape index (κ2) is 10.1. The number of carbonyl (C=O) groups is 2. The maximum Gasteiger partial charge on any atom is 0.254 e. The molecule has 3 aromatic rings. The summed E-state index contributed by atoms with van der Waals surface area (Å²) in [7, 11) is 0. The van der Waals surface area contributed by atoms with E-state index >= 15 is 0 Å². The Morgan fingerprint density at radius 1 is 1.12 bits per heavy atom. The molecule has 2 aromatic carbocycles. The molecule has 172 valence electrons. The van der Waals surface area contributed by atoms with Crippen molar-refractivity contribution in [3.05, 3.63) is 87.6 Å². The molecule has 1 aromatic heterocycles. The molecular formula is C25H24F2N2O3S. The maximum absolute atomic E-state index is 13.5. The lowest BCUT2D eigenvalue weighted by Gasteiger charge is -2.37. The van der Waals surface area contributed by atoms with Crippen LogP contribution < -0.4 is 4.74 Å². The normalized spacial score (nSPS) is 15.1.